The number of hydrogen-bond donors (Lipinski definition) is 2. The average molecular weight is 235 g/mol. The molecule has 0 spiro atoms. The Morgan fingerprint density at radius 2 is 1.76 bits per heavy atom. The highest BCUT2D eigenvalue weighted by atomic mass is 16.2. The molecule has 0 radical (unpaired) electrons. The van der Waals surface area contributed by atoms with E-state index < -0.39 is 0 Å². The van der Waals surface area contributed by atoms with Crippen molar-refractivity contribution in [2.24, 2.45) is 0 Å². The second kappa shape index (κ2) is 6.00. The smallest absolute Gasteiger partial charge is 0.238 e. The van der Waals surface area contributed by atoms with Gasteiger partial charge in [-0.25, -0.2) is 5.01 Å². The first-order chi connectivity index (χ1) is 7.97. The van der Waals surface area contributed by atoms with Gasteiger partial charge in [0.15, 0.2) is 0 Å². The zero-order valence-corrected chi connectivity index (χ0v) is 10.3. The third-order valence-electron chi connectivity index (χ3n) is 1.99. The van der Waals surface area contributed by atoms with Crippen LogP contribution in [0.2, 0.25) is 0 Å². The number of nitrogens with one attached hydrogen (secondary N) is 2. The number of hydrogen-bond acceptors (Lipinski definition) is 3. The summed E-state index contributed by atoms with van der Waals surface area (Å²) in [6.45, 7) is 1.46. The molecule has 0 saturated carbocycles. The molecule has 1 aromatic carbocycles. The van der Waals surface area contributed by atoms with Crippen LogP contribution in [0.25, 0.3) is 0 Å². The summed E-state index contributed by atoms with van der Waals surface area (Å²) in [5.74, 6) is -0.176. The van der Waals surface area contributed by atoms with Gasteiger partial charge in [0.2, 0.25) is 11.8 Å². The fourth-order valence-electron chi connectivity index (χ4n) is 1.38. The van der Waals surface area contributed by atoms with Crippen molar-refractivity contribution in [1.29, 1.82) is 0 Å². The van der Waals surface area contributed by atoms with Crippen LogP contribution < -0.4 is 10.7 Å². The summed E-state index contributed by atoms with van der Waals surface area (Å²) >= 11 is 0. The second-order valence-electron chi connectivity index (χ2n) is 3.98. The molecular weight excluding hydrogens is 218 g/mol. The van der Waals surface area contributed by atoms with E-state index in [2.05, 4.69) is 10.7 Å². The summed E-state index contributed by atoms with van der Waals surface area (Å²) in [5, 5.41) is 4.27. The number of hydrazine groups is 1. The fraction of sp³-hybridized carbons (Fsp3) is 0.333. The molecule has 1 rings (SSSR count). The molecule has 2 N–H and O–H groups in total. The normalized spacial score (nSPS) is 10.1. The minimum Gasteiger partial charge on any atom is -0.326 e. The van der Waals surface area contributed by atoms with Gasteiger partial charge in [0, 0.05) is 26.7 Å². The van der Waals surface area contributed by atoms with Crippen LogP contribution in [0.5, 0.6) is 0 Å². The topological polar surface area (TPSA) is 61.4 Å². The molecular formula is C12H17N3O2. The molecule has 0 atom stereocenters. The minimum atomic E-state index is -0.108. The summed E-state index contributed by atoms with van der Waals surface area (Å²) in [4.78, 5) is 22.3. The third kappa shape index (κ3) is 5.12. The van der Waals surface area contributed by atoms with Gasteiger partial charge in [0.25, 0.3) is 0 Å². The molecule has 2 amide bonds. The van der Waals surface area contributed by atoms with E-state index in [4.69, 9.17) is 0 Å². The maximum atomic E-state index is 11.5. The highest BCUT2D eigenvalue weighted by Gasteiger charge is 2.04. The predicted octanol–water partition coefficient (Wildman–Crippen LogP) is 0.780. The van der Waals surface area contributed by atoms with Gasteiger partial charge < -0.3 is 5.32 Å². The Morgan fingerprint density at radius 3 is 2.24 bits per heavy atom. The molecule has 0 aliphatic rings. The Labute approximate surface area is 101 Å². The Bertz CT molecular complexity index is 399. The Kier molecular flexibility index (Phi) is 4.66. The van der Waals surface area contributed by atoms with Gasteiger partial charge in [-0.05, 0) is 17.7 Å². The maximum absolute atomic E-state index is 11.5. The van der Waals surface area contributed by atoms with Crippen molar-refractivity contribution >= 4 is 17.5 Å². The van der Waals surface area contributed by atoms with Crippen LogP contribution in [0, 0.1) is 0 Å². The van der Waals surface area contributed by atoms with Gasteiger partial charge in [0.1, 0.15) is 0 Å². The van der Waals surface area contributed by atoms with Gasteiger partial charge >= 0.3 is 0 Å². The van der Waals surface area contributed by atoms with Crippen molar-refractivity contribution in [1.82, 2.24) is 10.4 Å². The lowest BCUT2D eigenvalue weighted by molar-refractivity contribution is -0.124. The third-order valence-corrected chi connectivity index (χ3v) is 1.99. The van der Waals surface area contributed by atoms with E-state index in [9.17, 15) is 9.59 Å². The molecule has 0 aromatic heterocycles. The quantitative estimate of drug-likeness (QED) is 0.758. The first kappa shape index (κ1) is 13.2. The van der Waals surface area contributed by atoms with Gasteiger partial charge in [-0.3, -0.25) is 15.0 Å². The molecule has 92 valence electrons. The molecule has 0 unspecified atom stereocenters. The van der Waals surface area contributed by atoms with Crippen LogP contribution >= 0.6 is 0 Å². The van der Waals surface area contributed by atoms with Crippen molar-refractivity contribution in [3.8, 4) is 0 Å². The monoisotopic (exact) mass is 235 g/mol. The molecule has 0 fully saturated rings. The fourth-order valence-corrected chi connectivity index (χ4v) is 1.38. The predicted molar refractivity (Wildman–Crippen MR) is 66.3 cm³/mol. The van der Waals surface area contributed by atoms with E-state index in [0.717, 1.165) is 11.3 Å². The average Bonchev–Trinajstić information content (AvgIpc) is 2.18. The number of benzene rings is 1. The number of amides is 2. The first-order valence-corrected chi connectivity index (χ1v) is 5.30. The Balaban J connectivity index is 2.56. The van der Waals surface area contributed by atoms with E-state index in [-0.39, 0.29) is 11.8 Å². The van der Waals surface area contributed by atoms with Crippen LogP contribution in [-0.2, 0) is 16.0 Å². The summed E-state index contributed by atoms with van der Waals surface area (Å²) in [5.41, 5.74) is 4.29. The van der Waals surface area contributed by atoms with Crippen LogP contribution in [-0.4, -0.2) is 30.9 Å². The molecule has 0 bridgehead atoms. The van der Waals surface area contributed by atoms with E-state index in [1.807, 2.05) is 12.1 Å². The summed E-state index contributed by atoms with van der Waals surface area (Å²) in [6, 6.07) is 7.19. The van der Waals surface area contributed by atoms with Crippen molar-refractivity contribution < 1.29 is 9.59 Å². The lowest BCUT2D eigenvalue weighted by atomic mass is 10.1. The highest BCUT2D eigenvalue weighted by Crippen LogP contribution is 2.09. The van der Waals surface area contributed by atoms with Gasteiger partial charge in [-0.1, -0.05) is 12.1 Å². The van der Waals surface area contributed by atoms with Gasteiger partial charge in [0.05, 0.1) is 6.42 Å². The van der Waals surface area contributed by atoms with Crippen molar-refractivity contribution in [3.63, 3.8) is 0 Å². The second-order valence-corrected chi connectivity index (χ2v) is 3.98. The van der Waals surface area contributed by atoms with Crippen LogP contribution in [0.4, 0.5) is 5.69 Å². The summed E-state index contributed by atoms with van der Waals surface area (Å²) in [6.07, 6.45) is 0.318. The Morgan fingerprint density at radius 1 is 1.18 bits per heavy atom. The van der Waals surface area contributed by atoms with E-state index >= 15 is 0 Å². The molecule has 5 nitrogen and oxygen atoms in total. The molecule has 0 aliphatic heterocycles. The highest BCUT2D eigenvalue weighted by molar-refractivity contribution is 5.88. The lowest BCUT2D eigenvalue weighted by Crippen LogP contribution is -2.37. The van der Waals surface area contributed by atoms with E-state index in [1.165, 1.54) is 6.92 Å². The van der Waals surface area contributed by atoms with E-state index in [1.54, 1.807) is 31.2 Å². The molecule has 1 aromatic rings. The van der Waals surface area contributed by atoms with Crippen LogP contribution in [0.1, 0.15) is 12.5 Å². The number of nitrogens with zero attached hydrogens (tertiary/aromatic N) is 1. The number of rotatable bonds is 4. The number of carbonyl (C=O) groups excluding carboxylic acids is 2. The standard InChI is InChI=1S/C12H17N3O2/c1-9(16)13-11-6-4-10(5-7-11)8-12(17)14-15(2)3/h4-7H,8H2,1-3H3,(H,13,16)(H,14,17). The zero-order chi connectivity index (χ0) is 12.8. The van der Waals surface area contributed by atoms with Gasteiger partial charge in [-0.15, -0.1) is 0 Å². The van der Waals surface area contributed by atoms with Crippen molar-refractivity contribution in [2.75, 3.05) is 19.4 Å². The molecule has 0 aliphatic carbocycles. The summed E-state index contributed by atoms with van der Waals surface area (Å²) in [7, 11) is 3.52. The maximum Gasteiger partial charge on any atom is 0.238 e. The van der Waals surface area contributed by atoms with Crippen LogP contribution in [0.3, 0.4) is 0 Å². The Hall–Kier alpha value is -1.88. The van der Waals surface area contributed by atoms with Crippen LogP contribution in [0.15, 0.2) is 24.3 Å². The zero-order valence-electron chi connectivity index (χ0n) is 10.3. The molecule has 0 saturated heterocycles. The van der Waals surface area contributed by atoms with E-state index in [0.29, 0.717) is 6.42 Å². The first-order valence-electron chi connectivity index (χ1n) is 5.30. The SMILES string of the molecule is CC(=O)Nc1ccc(CC(=O)NN(C)C)cc1. The van der Waals surface area contributed by atoms with Crippen molar-refractivity contribution in [3.05, 3.63) is 29.8 Å². The van der Waals surface area contributed by atoms with Gasteiger partial charge in [-0.2, -0.15) is 0 Å². The molecule has 17 heavy (non-hydrogen) atoms. The largest absolute Gasteiger partial charge is 0.326 e. The number of carbonyl (C=O) groups is 2. The minimum absolute atomic E-state index is 0.0673. The lowest BCUT2D eigenvalue weighted by Gasteiger charge is -2.11. The summed E-state index contributed by atoms with van der Waals surface area (Å²) < 4.78 is 0. The van der Waals surface area contributed by atoms with Crippen molar-refractivity contribution in [2.45, 2.75) is 13.3 Å². The number of anilines is 1. The molecule has 0 heterocycles. The molecule has 5 heteroatoms.